The fourth-order valence-electron chi connectivity index (χ4n) is 2.14. The largest absolute Gasteiger partial charge is 0.365 e. The highest BCUT2D eigenvalue weighted by Crippen LogP contribution is 2.25. The minimum atomic E-state index is -0.457. The zero-order valence-corrected chi connectivity index (χ0v) is 12.4. The lowest BCUT2D eigenvalue weighted by molar-refractivity contribution is -0.385. The molecule has 114 valence electrons. The Balaban J connectivity index is 2.07. The van der Waals surface area contributed by atoms with Gasteiger partial charge < -0.3 is 10.2 Å². The first kappa shape index (κ1) is 15.5. The summed E-state index contributed by atoms with van der Waals surface area (Å²) >= 11 is 0. The van der Waals surface area contributed by atoms with E-state index in [1.807, 2.05) is 42.3 Å². The zero-order valence-electron chi connectivity index (χ0n) is 12.4. The molecule has 0 aliphatic carbocycles. The zero-order chi connectivity index (χ0) is 16.1. The Hall–Kier alpha value is -2.89. The summed E-state index contributed by atoms with van der Waals surface area (Å²) in [5, 5.41) is 13.6. The van der Waals surface area contributed by atoms with Gasteiger partial charge in [-0.3, -0.25) is 14.9 Å². The number of nitro groups is 1. The molecule has 6 nitrogen and oxygen atoms in total. The Morgan fingerprint density at radius 2 is 1.86 bits per heavy atom. The second kappa shape index (κ2) is 6.71. The monoisotopic (exact) mass is 299 g/mol. The summed E-state index contributed by atoms with van der Waals surface area (Å²) in [7, 11) is 1.81. The Labute approximate surface area is 128 Å². The third-order valence-corrected chi connectivity index (χ3v) is 3.35. The van der Waals surface area contributed by atoms with Crippen molar-refractivity contribution in [3.63, 3.8) is 0 Å². The molecular formula is C16H17N3O3. The van der Waals surface area contributed by atoms with E-state index in [9.17, 15) is 14.9 Å². The van der Waals surface area contributed by atoms with Crippen molar-refractivity contribution in [3.8, 4) is 0 Å². The van der Waals surface area contributed by atoms with Crippen molar-refractivity contribution in [2.24, 2.45) is 0 Å². The van der Waals surface area contributed by atoms with Crippen molar-refractivity contribution < 1.29 is 9.72 Å². The van der Waals surface area contributed by atoms with Crippen molar-refractivity contribution in [1.82, 2.24) is 0 Å². The highest BCUT2D eigenvalue weighted by Gasteiger charge is 2.15. The number of anilines is 2. The van der Waals surface area contributed by atoms with Crippen molar-refractivity contribution in [3.05, 3.63) is 64.2 Å². The van der Waals surface area contributed by atoms with E-state index in [1.54, 1.807) is 19.1 Å². The molecule has 0 atom stereocenters. The standard InChI is InChI=1S/C16H17N3O3/c1-12-14(9-6-10-15(12)19(21)22)17-16(20)11-18(2)13-7-4-3-5-8-13/h3-10H,11H2,1-2H3,(H,17,20). The van der Waals surface area contributed by atoms with Gasteiger partial charge in [-0.05, 0) is 25.1 Å². The van der Waals surface area contributed by atoms with Gasteiger partial charge in [0.2, 0.25) is 5.91 Å². The molecule has 2 rings (SSSR count). The molecule has 0 spiro atoms. The van der Waals surface area contributed by atoms with Gasteiger partial charge >= 0.3 is 0 Å². The predicted octanol–water partition coefficient (Wildman–Crippen LogP) is 2.98. The number of amides is 1. The van der Waals surface area contributed by atoms with E-state index in [1.165, 1.54) is 6.07 Å². The molecule has 6 heteroatoms. The average molecular weight is 299 g/mol. The number of nitrogens with zero attached hydrogens (tertiary/aromatic N) is 2. The number of carbonyl (C=O) groups excluding carboxylic acids is 1. The summed E-state index contributed by atoms with van der Waals surface area (Å²) < 4.78 is 0. The summed E-state index contributed by atoms with van der Waals surface area (Å²) in [4.78, 5) is 24.4. The van der Waals surface area contributed by atoms with Crippen LogP contribution in [0.3, 0.4) is 0 Å². The number of likely N-dealkylation sites (N-methyl/N-ethyl adjacent to an activating group) is 1. The van der Waals surface area contributed by atoms with E-state index in [4.69, 9.17) is 0 Å². The molecule has 1 N–H and O–H groups in total. The first-order valence-electron chi connectivity index (χ1n) is 6.79. The normalized spacial score (nSPS) is 10.1. The summed E-state index contributed by atoms with van der Waals surface area (Å²) in [6.07, 6.45) is 0. The lowest BCUT2D eigenvalue weighted by Gasteiger charge is -2.19. The smallest absolute Gasteiger partial charge is 0.274 e. The van der Waals surface area contributed by atoms with Crippen LogP contribution in [0.2, 0.25) is 0 Å². The van der Waals surface area contributed by atoms with Gasteiger partial charge in [-0.25, -0.2) is 0 Å². The molecule has 0 aromatic heterocycles. The molecule has 0 heterocycles. The van der Waals surface area contributed by atoms with E-state index in [2.05, 4.69) is 5.32 Å². The molecule has 0 saturated carbocycles. The van der Waals surface area contributed by atoms with Crippen LogP contribution in [0.1, 0.15) is 5.56 Å². The fraction of sp³-hybridized carbons (Fsp3) is 0.188. The fourth-order valence-corrected chi connectivity index (χ4v) is 2.14. The Kier molecular flexibility index (Phi) is 4.73. The minimum Gasteiger partial charge on any atom is -0.365 e. The van der Waals surface area contributed by atoms with Crippen LogP contribution in [0.5, 0.6) is 0 Å². The van der Waals surface area contributed by atoms with E-state index in [-0.39, 0.29) is 18.1 Å². The summed E-state index contributed by atoms with van der Waals surface area (Å²) in [6.45, 7) is 1.78. The van der Waals surface area contributed by atoms with Crippen LogP contribution < -0.4 is 10.2 Å². The van der Waals surface area contributed by atoms with Crippen molar-refractivity contribution in [2.75, 3.05) is 23.8 Å². The van der Waals surface area contributed by atoms with Crippen LogP contribution in [0.25, 0.3) is 0 Å². The van der Waals surface area contributed by atoms with Gasteiger partial charge in [0, 0.05) is 18.8 Å². The molecule has 0 aliphatic heterocycles. The Bertz CT molecular complexity index is 686. The third-order valence-electron chi connectivity index (χ3n) is 3.35. The van der Waals surface area contributed by atoms with Crippen LogP contribution in [-0.4, -0.2) is 24.4 Å². The van der Waals surface area contributed by atoms with Gasteiger partial charge in [-0.2, -0.15) is 0 Å². The van der Waals surface area contributed by atoms with E-state index in [0.29, 0.717) is 11.3 Å². The first-order chi connectivity index (χ1) is 10.5. The number of benzene rings is 2. The van der Waals surface area contributed by atoms with Crippen LogP contribution >= 0.6 is 0 Å². The molecule has 0 bridgehead atoms. The molecule has 0 fully saturated rings. The van der Waals surface area contributed by atoms with Crippen LogP contribution in [0.15, 0.2) is 48.5 Å². The molecule has 0 saturated heterocycles. The van der Waals surface area contributed by atoms with Crippen molar-refractivity contribution >= 4 is 23.0 Å². The molecule has 2 aromatic rings. The van der Waals surface area contributed by atoms with Gasteiger partial charge in [-0.1, -0.05) is 24.3 Å². The highest BCUT2D eigenvalue weighted by molar-refractivity contribution is 5.95. The van der Waals surface area contributed by atoms with E-state index >= 15 is 0 Å². The maximum atomic E-state index is 12.1. The Morgan fingerprint density at radius 1 is 1.18 bits per heavy atom. The highest BCUT2D eigenvalue weighted by atomic mass is 16.6. The number of carbonyl (C=O) groups is 1. The maximum absolute atomic E-state index is 12.1. The number of nitrogens with one attached hydrogen (secondary N) is 1. The predicted molar refractivity (Wildman–Crippen MR) is 86.2 cm³/mol. The number of hydrogen-bond donors (Lipinski definition) is 1. The Morgan fingerprint density at radius 3 is 2.50 bits per heavy atom. The molecule has 2 aromatic carbocycles. The number of rotatable bonds is 5. The minimum absolute atomic E-state index is 0.00536. The SMILES string of the molecule is Cc1c(NC(=O)CN(C)c2ccccc2)cccc1[N+](=O)[O-]. The third kappa shape index (κ3) is 3.60. The topological polar surface area (TPSA) is 75.5 Å². The maximum Gasteiger partial charge on any atom is 0.274 e. The van der Waals surface area contributed by atoms with Crippen molar-refractivity contribution in [2.45, 2.75) is 6.92 Å². The summed E-state index contributed by atoms with van der Waals surface area (Å²) in [5.41, 5.74) is 1.83. The van der Waals surface area contributed by atoms with Crippen molar-refractivity contribution in [1.29, 1.82) is 0 Å². The average Bonchev–Trinajstić information content (AvgIpc) is 2.50. The second-order valence-electron chi connectivity index (χ2n) is 4.95. The number of nitro benzene ring substituents is 1. The molecule has 0 unspecified atom stereocenters. The van der Waals surface area contributed by atoms with E-state index < -0.39 is 4.92 Å². The van der Waals surface area contributed by atoms with E-state index in [0.717, 1.165) is 5.69 Å². The summed E-state index contributed by atoms with van der Waals surface area (Å²) in [6, 6.07) is 14.1. The second-order valence-corrected chi connectivity index (χ2v) is 4.95. The van der Waals surface area contributed by atoms with Gasteiger partial charge in [0.15, 0.2) is 0 Å². The number of hydrogen-bond acceptors (Lipinski definition) is 4. The molecular weight excluding hydrogens is 282 g/mol. The molecule has 0 radical (unpaired) electrons. The number of para-hydroxylation sites is 1. The molecule has 1 amide bonds. The quantitative estimate of drug-likeness (QED) is 0.680. The molecule has 22 heavy (non-hydrogen) atoms. The summed E-state index contributed by atoms with van der Waals surface area (Å²) in [5.74, 6) is -0.227. The first-order valence-corrected chi connectivity index (χ1v) is 6.79. The van der Waals surface area contributed by atoms with Gasteiger partial charge in [0.25, 0.3) is 5.69 Å². The lowest BCUT2D eigenvalue weighted by atomic mass is 10.1. The van der Waals surface area contributed by atoms with Crippen LogP contribution in [0.4, 0.5) is 17.1 Å². The van der Waals surface area contributed by atoms with Gasteiger partial charge in [-0.15, -0.1) is 0 Å². The van der Waals surface area contributed by atoms with Gasteiger partial charge in [0.05, 0.1) is 22.7 Å². The van der Waals surface area contributed by atoms with Gasteiger partial charge in [0.1, 0.15) is 0 Å². The lowest BCUT2D eigenvalue weighted by Crippen LogP contribution is -2.30. The molecule has 0 aliphatic rings. The van der Waals surface area contributed by atoms with Crippen LogP contribution in [-0.2, 0) is 4.79 Å². The van der Waals surface area contributed by atoms with Crippen LogP contribution in [0, 0.1) is 17.0 Å².